The highest BCUT2D eigenvalue weighted by molar-refractivity contribution is 5.77. The van der Waals surface area contributed by atoms with Gasteiger partial charge in [-0.15, -0.1) is 0 Å². The van der Waals surface area contributed by atoms with E-state index in [0.717, 1.165) is 5.56 Å². The highest BCUT2D eigenvalue weighted by atomic mass is 16.5. The Labute approximate surface area is 116 Å². The number of benzene rings is 1. The van der Waals surface area contributed by atoms with Crippen molar-refractivity contribution in [1.29, 1.82) is 0 Å². The van der Waals surface area contributed by atoms with E-state index in [1.165, 1.54) is 4.57 Å². The molecular weight excluding hydrogens is 258 g/mol. The minimum absolute atomic E-state index is 0.121. The molecule has 1 heterocycles. The Morgan fingerprint density at radius 2 is 1.95 bits per heavy atom. The van der Waals surface area contributed by atoms with Gasteiger partial charge >= 0.3 is 5.76 Å². The summed E-state index contributed by atoms with van der Waals surface area (Å²) in [6.45, 7) is 5.50. The summed E-state index contributed by atoms with van der Waals surface area (Å²) in [6.07, 6.45) is 0. The van der Waals surface area contributed by atoms with Crippen molar-refractivity contribution < 1.29 is 9.32 Å². The van der Waals surface area contributed by atoms with Gasteiger partial charge in [0.1, 0.15) is 6.54 Å². The van der Waals surface area contributed by atoms with E-state index in [1.807, 2.05) is 39.0 Å². The van der Waals surface area contributed by atoms with Gasteiger partial charge in [-0.1, -0.05) is 35.5 Å². The van der Waals surface area contributed by atoms with Crippen molar-refractivity contribution in [2.45, 2.75) is 32.9 Å². The van der Waals surface area contributed by atoms with Gasteiger partial charge in [-0.05, 0) is 20.8 Å². The number of hydrogen-bond donors (Lipinski definition) is 1. The summed E-state index contributed by atoms with van der Waals surface area (Å²) in [5.41, 5.74) is 0.368. The molecule has 1 aromatic carbocycles. The fourth-order valence-corrected chi connectivity index (χ4v) is 1.80. The average Bonchev–Trinajstić information content (AvgIpc) is 2.70. The summed E-state index contributed by atoms with van der Waals surface area (Å²) >= 11 is 0. The van der Waals surface area contributed by atoms with Gasteiger partial charge in [0.25, 0.3) is 0 Å². The van der Waals surface area contributed by atoms with Crippen molar-refractivity contribution in [3.8, 4) is 11.4 Å². The van der Waals surface area contributed by atoms with Crippen LogP contribution in [0.5, 0.6) is 0 Å². The molecule has 2 aromatic rings. The predicted octanol–water partition coefficient (Wildman–Crippen LogP) is 1.42. The number of aromatic nitrogens is 2. The minimum Gasteiger partial charge on any atom is -0.350 e. The molecule has 0 bridgehead atoms. The van der Waals surface area contributed by atoms with Crippen LogP contribution >= 0.6 is 0 Å². The quantitative estimate of drug-likeness (QED) is 0.919. The summed E-state index contributed by atoms with van der Waals surface area (Å²) < 4.78 is 5.88. The molecule has 0 unspecified atom stereocenters. The monoisotopic (exact) mass is 275 g/mol. The number of carbonyl (C=O) groups is 1. The fraction of sp³-hybridized carbons (Fsp3) is 0.357. The Morgan fingerprint density at radius 3 is 2.55 bits per heavy atom. The zero-order valence-corrected chi connectivity index (χ0v) is 11.7. The number of nitrogens with one attached hydrogen (secondary N) is 1. The molecule has 0 saturated heterocycles. The zero-order valence-electron chi connectivity index (χ0n) is 11.7. The largest absolute Gasteiger partial charge is 0.442 e. The fourth-order valence-electron chi connectivity index (χ4n) is 1.80. The number of carbonyl (C=O) groups excluding carboxylic acids is 1. The molecule has 2 rings (SSSR count). The molecular formula is C14H17N3O3. The first-order chi connectivity index (χ1) is 9.37. The van der Waals surface area contributed by atoms with Gasteiger partial charge in [0, 0.05) is 11.1 Å². The molecule has 0 fully saturated rings. The number of nitrogens with zero attached hydrogens (tertiary/aromatic N) is 2. The van der Waals surface area contributed by atoms with Crippen LogP contribution in [0.1, 0.15) is 20.8 Å². The molecule has 0 aliphatic carbocycles. The van der Waals surface area contributed by atoms with Crippen LogP contribution in [0.25, 0.3) is 11.4 Å². The lowest BCUT2D eigenvalue weighted by Gasteiger charge is -2.20. The number of amides is 1. The van der Waals surface area contributed by atoms with E-state index in [1.54, 1.807) is 12.1 Å². The van der Waals surface area contributed by atoms with Crippen molar-refractivity contribution in [3.05, 3.63) is 40.9 Å². The van der Waals surface area contributed by atoms with Gasteiger partial charge in [0.15, 0.2) is 5.82 Å². The molecule has 0 atom stereocenters. The highest BCUT2D eigenvalue weighted by Crippen LogP contribution is 2.14. The first-order valence-electron chi connectivity index (χ1n) is 6.30. The van der Waals surface area contributed by atoms with Crippen LogP contribution in [0.15, 0.2) is 39.6 Å². The Bertz CT molecular complexity index is 650. The van der Waals surface area contributed by atoms with E-state index in [9.17, 15) is 9.59 Å². The molecule has 6 nitrogen and oxygen atoms in total. The molecule has 0 saturated carbocycles. The Balaban J connectivity index is 2.27. The maximum atomic E-state index is 11.9. The second-order valence-electron chi connectivity index (χ2n) is 5.52. The summed E-state index contributed by atoms with van der Waals surface area (Å²) in [6, 6.07) is 9.12. The van der Waals surface area contributed by atoms with Gasteiger partial charge in [0.05, 0.1) is 0 Å². The number of rotatable bonds is 3. The first kappa shape index (κ1) is 14.0. The molecule has 1 amide bonds. The van der Waals surface area contributed by atoms with Crippen LogP contribution in [-0.2, 0) is 11.3 Å². The Kier molecular flexibility index (Phi) is 3.74. The van der Waals surface area contributed by atoms with Crippen molar-refractivity contribution in [2.75, 3.05) is 0 Å². The molecule has 0 radical (unpaired) electrons. The zero-order chi connectivity index (χ0) is 14.8. The third kappa shape index (κ3) is 3.34. The SMILES string of the molecule is CC(C)(C)NC(=O)Cn1c(-c2ccccc2)noc1=O. The van der Waals surface area contributed by atoms with Crippen molar-refractivity contribution in [2.24, 2.45) is 0 Å². The molecule has 0 aliphatic rings. The minimum atomic E-state index is -0.645. The summed E-state index contributed by atoms with van der Waals surface area (Å²) in [7, 11) is 0. The smallest absolute Gasteiger partial charge is 0.350 e. The molecule has 1 N–H and O–H groups in total. The highest BCUT2D eigenvalue weighted by Gasteiger charge is 2.18. The third-order valence-electron chi connectivity index (χ3n) is 2.53. The van der Waals surface area contributed by atoms with Gasteiger partial charge in [-0.2, -0.15) is 0 Å². The molecule has 0 aliphatic heterocycles. The second kappa shape index (κ2) is 5.32. The van der Waals surface area contributed by atoms with Crippen LogP contribution in [0, 0.1) is 0 Å². The van der Waals surface area contributed by atoms with E-state index in [0.29, 0.717) is 5.82 Å². The molecule has 106 valence electrons. The van der Waals surface area contributed by atoms with Crippen LogP contribution in [0.4, 0.5) is 0 Å². The van der Waals surface area contributed by atoms with E-state index >= 15 is 0 Å². The summed E-state index contributed by atoms with van der Waals surface area (Å²) in [5, 5.41) is 6.53. The third-order valence-corrected chi connectivity index (χ3v) is 2.53. The maximum absolute atomic E-state index is 11.9. The lowest BCUT2D eigenvalue weighted by Crippen LogP contribution is -2.43. The standard InChI is InChI=1S/C14H17N3O3/c1-14(2,3)15-11(18)9-17-12(16-20-13(17)19)10-7-5-4-6-8-10/h4-8H,9H2,1-3H3,(H,15,18). The van der Waals surface area contributed by atoms with E-state index in [-0.39, 0.29) is 18.0 Å². The average molecular weight is 275 g/mol. The van der Waals surface area contributed by atoms with Gasteiger partial charge in [0.2, 0.25) is 5.91 Å². The van der Waals surface area contributed by atoms with E-state index in [2.05, 4.69) is 15.0 Å². The normalized spacial score (nSPS) is 11.3. The van der Waals surface area contributed by atoms with Crippen LogP contribution in [0.2, 0.25) is 0 Å². The van der Waals surface area contributed by atoms with Crippen LogP contribution in [-0.4, -0.2) is 21.2 Å². The van der Waals surface area contributed by atoms with Crippen LogP contribution in [0.3, 0.4) is 0 Å². The first-order valence-corrected chi connectivity index (χ1v) is 6.30. The van der Waals surface area contributed by atoms with Crippen molar-refractivity contribution in [3.63, 3.8) is 0 Å². The molecule has 0 spiro atoms. The van der Waals surface area contributed by atoms with Crippen LogP contribution < -0.4 is 11.1 Å². The van der Waals surface area contributed by atoms with E-state index in [4.69, 9.17) is 0 Å². The lowest BCUT2D eigenvalue weighted by molar-refractivity contribution is -0.123. The van der Waals surface area contributed by atoms with Crippen molar-refractivity contribution >= 4 is 5.91 Å². The van der Waals surface area contributed by atoms with Gasteiger partial charge in [-0.25, -0.2) is 9.36 Å². The maximum Gasteiger partial charge on any atom is 0.442 e. The summed E-state index contributed by atoms with van der Waals surface area (Å²) in [5.74, 6) is -0.562. The Hall–Kier alpha value is -2.37. The molecule has 6 heteroatoms. The van der Waals surface area contributed by atoms with Crippen molar-refractivity contribution in [1.82, 2.24) is 15.0 Å². The topological polar surface area (TPSA) is 77.1 Å². The second-order valence-corrected chi connectivity index (χ2v) is 5.52. The van der Waals surface area contributed by atoms with Gasteiger partial charge in [-0.3, -0.25) is 9.32 Å². The Morgan fingerprint density at radius 1 is 1.30 bits per heavy atom. The predicted molar refractivity (Wildman–Crippen MR) is 74.1 cm³/mol. The number of hydrogen-bond acceptors (Lipinski definition) is 4. The molecule has 20 heavy (non-hydrogen) atoms. The summed E-state index contributed by atoms with van der Waals surface area (Å²) in [4.78, 5) is 23.6. The molecule has 1 aromatic heterocycles. The van der Waals surface area contributed by atoms with E-state index < -0.39 is 5.76 Å². The van der Waals surface area contributed by atoms with Gasteiger partial charge < -0.3 is 5.32 Å². The lowest BCUT2D eigenvalue weighted by atomic mass is 10.1.